The van der Waals surface area contributed by atoms with Gasteiger partial charge in [-0.15, -0.1) is 0 Å². The summed E-state index contributed by atoms with van der Waals surface area (Å²) in [4.78, 5) is 0. The van der Waals surface area contributed by atoms with Crippen LogP contribution in [-0.2, 0) is 4.74 Å². The topological polar surface area (TPSA) is 82.0 Å². The van der Waals surface area contributed by atoms with Crippen molar-refractivity contribution in [2.24, 2.45) is 5.92 Å². The summed E-state index contributed by atoms with van der Waals surface area (Å²) in [7, 11) is 0. The van der Waals surface area contributed by atoms with Crippen LogP contribution in [0, 0.1) is 5.92 Å². The molecule has 0 spiro atoms. The third-order valence-electron chi connectivity index (χ3n) is 2.23. The average Bonchev–Trinajstić information content (AvgIpc) is 2.13. The Morgan fingerprint density at radius 1 is 1.29 bits per heavy atom. The molecule has 0 aromatic rings. The number of aliphatic hydroxyl groups excluding tert-OH is 3. The van der Waals surface area contributed by atoms with Crippen LogP contribution in [0.2, 0.25) is 0 Å². The van der Waals surface area contributed by atoms with Gasteiger partial charge in [0, 0.05) is 0 Å². The summed E-state index contributed by atoms with van der Waals surface area (Å²) in [5.74, 6) is 0.440. The molecule has 1 fully saturated rings. The number of nitrogens with one attached hydrogen (secondary N) is 1. The average molecular weight is 205 g/mol. The van der Waals surface area contributed by atoms with Crippen LogP contribution >= 0.6 is 0 Å². The van der Waals surface area contributed by atoms with E-state index in [0.717, 1.165) is 0 Å². The fraction of sp³-hybridized carbons (Fsp3) is 1.00. The van der Waals surface area contributed by atoms with Crippen molar-refractivity contribution in [3.8, 4) is 0 Å². The number of rotatable bonds is 3. The van der Waals surface area contributed by atoms with E-state index in [1.807, 2.05) is 13.8 Å². The predicted molar refractivity (Wildman–Crippen MR) is 50.6 cm³/mol. The number of ether oxygens (including phenoxy) is 1. The van der Waals surface area contributed by atoms with Gasteiger partial charge in [-0.05, 0) is 12.5 Å². The summed E-state index contributed by atoms with van der Waals surface area (Å²) in [6.07, 6.45) is -3.79. The van der Waals surface area contributed by atoms with Crippen molar-refractivity contribution >= 4 is 0 Å². The second-order valence-corrected chi connectivity index (χ2v) is 4.10. The first-order valence-corrected chi connectivity index (χ1v) is 4.91. The van der Waals surface area contributed by atoms with Crippen LogP contribution in [-0.4, -0.2) is 53.0 Å². The molecule has 1 saturated heterocycles. The molecule has 0 saturated carbocycles. The van der Waals surface area contributed by atoms with Gasteiger partial charge in [-0.1, -0.05) is 13.8 Å². The second-order valence-electron chi connectivity index (χ2n) is 4.10. The van der Waals surface area contributed by atoms with E-state index in [2.05, 4.69) is 5.32 Å². The van der Waals surface area contributed by atoms with Crippen molar-refractivity contribution in [3.63, 3.8) is 0 Å². The van der Waals surface area contributed by atoms with Gasteiger partial charge in [-0.3, -0.25) is 5.32 Å². The third kappa shape index (κ3) is 2.90. The van der Waals surface area contributed by atoms with Gasteiger partial charge in [0.05, 0.1) is 6.61 Å². The van der Waals surface area contributed by atoms with Gasteiger partial charge in [0.2, 0.25) is 0 Å². The van der Waals surface area contributed by atoms with Crippen LogP contribution in [0.4, 0.5) is 0 Å². The normalized spacial score (nSPS) is 39.0. The third-order valence-corrected chi connectivity index (χ3v) is 2.23. The Labute approximate surface area is 83.7 Å². The van der Waals surface area contributed by atoms with Crippen molar-refractivity contribution < 1.29 is 20.1 Å². The molecule has 5 nitrogen and oxygen atoms in total. The molecule has 0 radical (unpaired) electrons. The Kier molecular flexibility index (Phi) is 4.28. The first-order valence-electron chi connectivity index (χ1n) is 4.91. The maximum absolute atomic E-state index is 9.52. The quantitative estimate of drug-likeness (QED) is 0.459. The molecule has 1 aliphatic heterocycles. The lowest BCUT2D eigenvalue weighted by Crippen LogP contribution is -2.58. The van der Waals surface area contributed by atoms with E-state index in [1.165, 1.54) is 0 Å². The van der Waals surface area contributed by atoms with E-state index in [4.69, 9.17) is 4.74 Å². The Balaban J connectivity index is 2.39. The zero-order valence-electron chi connectivity index (χ0n) is 8.55. The molecular weight excluding hydrogens is 186 g/mol. The first kappa shape index (κ1) is 11.9. The molecule has 1 unspecified atom stereocenters. The fourth-order valence-corrected chi connectivity index (χ4v) is 1.34. The Morgan fingerprint density at radius 2 is 1.93 bits per heavy atom. The minimum atomic E-state index is -1.13. The van der Waals surface area contributed by atoms with Gasteiger partial charge < -0.3 is 20.1 Å². The second kappa shape index (κ2) is 5.04. The zero-order valence-corrected chi connectivity index (χ0v) is 8.55. The van der Waals surface area contributed by atoms with Crippen molar-refractivity contribution in [1.82, 2.24) is 5.32 Å². The highest BCUT2D eigenvalue weighted by atomic mass is 16.5. The summed E-state index contributed by atoms with van der Waals surface area (Å²) in [5.41, 5.74) is 0. The minimum Gasteiger partial charge on any atom is -0.388 e. The summed E-state index contributed by atoms with van der Waals surface area (Å²) in [6, 6.07) is 0. The Hall–Kier alpha value is -0.200. The van der Waals surface area contributed by atoms with Gasteiger partial charge in [0.1, 0.15) is 24.5 Å². The Bertz CT molecular complexity index is 176. The van der Waals surface area contributed by atoms with Crippen LogP contribution in [0.5, 0.6) is 0 Å². The number of hydrogen-bond donors (Lipinski definition) is 4. The number of hydrogen-bond acceptors (Lipinski definition) is 5. The highest BCUT2D eigenvalue weighted by Gasteiger charge is 2.37. The van der Waals surface area contributed by atoms with E-state index in [0.29, 0.717) is 12.5 Å². The summed E-state index contributed by atoms with van der Waals surface area (Å²) < 4.78 is 5.15. The minimum absolute atomic E-state index is 0.0496. The van der Waals surface area contributed by atoms with Crippen molar-refractivity contribution in [2.45, 2.75) is 38.4 Å². The van der Waals surface area contributed by atoms with E-state index in [-0.39, 0.29) is 6.61 Å². The molecule has 5 heteroatoms. The lowest BCUT2D eigenvalue weighted by Gasteiger charge is -2.35. The molecule has 0 aromatic carbocycles. The van der Waals surface area contributed by atoms with Gasteiger partial charge in [-0.25, -0.2) is 0 Å². The fourth-order valence-electron chi connectivity index (χ4n) is 1.34. The maximum Gasteiger partial charge on any atom is 0.137 e. The van der Waals surface area contributed by atoms with Crippen molar-refractivity contribution in [3.05, 3.63) is 0 Å². The molecule has 1 aliphatic rings. The molecule has 4 atom stereocenters. The molecule has 0 aliphatic carbocycles. The lowest BCUT2D eigenvalue weighted by atomic mass is 10.0. The van der Waals surface area contributed by atoms with Crippen LogP contribution in [0.3, 0.4) is 0 Å². The molecule has 0 amide bonds. The SMILES string of the molecule is CC(C)CNC1OC[C@H](O)[C@H](O)[C@H]1O. The van der Waals surface area contributed by atoms with Gasteiger partial charge in [-0.2, -0.15) is 0 Å². The number of aliphatic hydroxyl groups is 3. The first-order chi connectivity index (χ1) is 6.52. The molecule has 1 heterocycles. The smallest absolute Gasteiger partial charge is 0.137 e. The van der Waals surface area contributed by atoms with Gasteiger partial charge in [0.15, 0.2) is 0 Å². The molecule has 4 N–H and O–H groups in total. The van der Waals surface area contributed by atoms with Crippen LogP contribution in [0.25, 0.3) is 0 Å². The van der Waals surface area contributed by atoms with Crippen LogP contribution in [0.1, 0.15) is 13.8 Å². The molecule has 0 aromatic heterocycles. The van der Waals surface area contributed by atoms with E-state index in [9.17, 15) is 15.3 Å². The summed E-state index contributed by atoms with van der Waals surface area (Å²) in [6.45, 7) is 4.82. The lowest BCUT2D eigenvalue weighted by molar-refractivity contribution is -0.195. The highest BCUT2D eigenvalue weighted by Crippen LogP contribution is 2.13. The van der Waals surface area contributed by atoms with Gasteiger partial charge >= 0.3 is 0 Å². The van der Waals surface area contributed by atoms with Crippen LogP contribution < -0.4 is 5.32 Å². The molecule has 14 heavy (non-hydrogen) atoms. The molecular formula is C9H19NO4. The standard InChI is InChI=1S/C9H19NO4/c1-5(2)3-10-9-8(13)7(12)6(11)4-14-9/h5-13H,3-4H2,1-2H3/t6-,7-,8+,9?/m0/s1. The summed E-state index contributed by atoms with van der Waals surface area (Å²) in [5, 5.41) is 31.0. The van der Waals surface area contributed by atoms with Gasteiger partial charge in [0.25, 0.3) is 0 Å². The van der Waals surface area contributed by atoms with Crippen LogP contribution in [0.15, 0.2) is 0 Å². The maximum atomic E-state index is 9.52. The highest BCUT2D eigenvalue weighted by molar-refractivity contribution is 4.85. The van der Waals surface area contributed by atoms with Crippen molar-refractivity contribution in [2.75, 3.05) is 13.2 Å². The molecule has 84 valence electrons. The largest absolute Gasteiger partial charge is 0.388 e. The summed E-state index contributed by atoms with van der Waals surface area (Å²) >= 11 is 0. The van der Waals surface area contributed by atoms with E-state index >= 15 is 0 Å². The zero-order chi connectivity index (χ0) is 10.7. The monoisotopic (exact) mass is 205 g/mol. The molecule has 0 bridgehead atoms. The van der Waals surface area contributed by atoms with E-state index in [1.54, 1.807) is 0 Å². The van der Waals surface area contributed by atoms with Crippen molar-refractivity contribution in [1.29, 1.82) is 0 Å². The predicted octanol–water partition coefficient (Wildman–Crippen LogP) is -1.33. The molecule has 1 rings (SSSR count). The van der Waals surface area contributed by atoms with E-state index < -0.39 is 24.5 Å². The Morgan fingerprint density at radius 3 is 2.50 bits per heavy atom.